The number of hydrogen-bond acceptors (Lipinski definition) is 8. The van der Waals surface area contributed by atoms with E-state index in [-0.39, 0.29) is 16.5 Å². The quantitative estimate of drug-likeness (QED) is 0.521. The van der Waals surface area contributed by atoms with Crippen LogP contribution in [0.4, 0.5) is 5.13 Å². The first-order valence-corrected chi connectivity index (χ1v) is 11.5. The molecule has 0 aromatic carbocycles. The molecule has 0 radical (unpaired) electrons. The van der Waals surface area contributed by atoms with E-state index in [2.05, 4.69) is 14.9 Å². The molecule has 3 N–H and O–H groups in total. The van der Waals surface area contributed by atoms with Crippen LogP contribution in [0.1, 0.15) is 0 Å². The Morgan fingerprint density at radius 1 is 1.31 bits per heavy atom. The van der Waals surface area contributed by atoms with E-state index in [4.69, 9.17) is 5.73 Å². The second-order valence-corrected chi connectivity index (χ2v) is 9.94. The number of aromatic nitrogens is 1. The summed E-state index contributed by atoms with van der Waals surface area (Å²) in [6.07, 6.45) is 0.700. The molecule has 0 bridgehead atoms. The molecule has 1 fully saturated rings. The highest BCUT2D eigenvalue weighted by molar-refractivity contribution is 7.93. The van der Waals surface area contributed by atoms with Crippen molar-refractivity contribution in [1.29, 1.82) is 0 Å². The molecular formula is C15H21N5O3S3. The Morgan fingerprint density at radius 3 is 2.69 bits per heavy atom. The smallest absolute Gasteiger partial charge is 0.191 e. The van der Waals surface area contributed by atoms with Gasteiger partial charge in [0, 0.05) is 37.8 Å². The van der Waals surface area contributed by atoms with Crippen LogP contribution >= 0.6 is 22.7 Å². The van der Waals surface area contributed by atoms with E-state index in [0.717, 1.165) is 29.6 Å². The third kappa shape index (κ3) is 4.72. The van der Waals surface area contributed by atoms with E-state index in [1.165, 1.54) is 6.07 Å². The number of nitrogens with zero attached hydrogens (tertiary/aromatic N) is 4. The second-order valence-electron chi connectivity index (χ2n) is 5.85. The highest BCUT2D eigenvalue weighted by Crippen LogP contribution is 2.19. The summed E-state index contributed by atoms with van der Waals surface area (Å²) in [6, 6.07) is 3.21. The number of aliphatic hydroxyl groups excluding tert-OH is 1. The number of rotatable bonds is 6. The van der Waals surface area contributed by atoms with Gasteiger partial charge in [-0.3, -0.25) is 4.99 Å². The lowest BCUT2D eigenvalue weighted by Crippen LogP contribution is -2.51. The van der Waals surface area contributed by atoms with Crippen molar-refractivity contribution in [2.75, 3.05) is 43.4 Å². The van der Waals surface area contributed by atoms with Crippen molar-refractivity contribution in [3.63, 3.8) is 0 Å². The number of piperazine rings is 1. The molecule has 8 nitrogen and oxygen atoms in total. The van der Waals surface area contributed by atoms with Gasteiger partial charge in [-0.2, -0.15) is 0 Å². The molecule has 1 unspecified atom stereocenters. The highest BCUT2D eigenvalue weighted by atomic mass is 32.2. The first-order chi connectivity index (χ1) is 12.5. The zero-order chi connectivity index (χ0) is 18.6. The molecule has 0 amide bonds. The second kappa shape index (κ2) is 8.33. The fourth-order valence-corrected chi connectivity index (χ4v) is 5.79. The van der Waals surface area contributed by atoms with Crippen LogP contribution in [0.15, 0.2) is 38.3 Å². The Hall–Kier alpha value is -1.69. The maximum Gasteiger partial charge on any atom is 0.191 e. The molecule has 11 heteroatoms. The lowest BCUT2D eigenvalue weighted by Gasteiger charge is -2.35. The van der Waals surface area contributed by atoms with Gasteiger partial charge in [-0.05, 0) is 11.4 Å². The first-order valence-electron chi connectivity index (χ1n) is 8.09. The molecule has 3 rings (SSSR count). The Morgan fingerprint density at radius 2 is 2.08 bits per heavy atom. The molecule has 1 aliphatic rings. The Balaban J connectivity index is 1.49. The van der Waals surface area contributed by atoms with Gasteiger partial charge in [-0.15, -0.1) is 22.7 Å². The van der Waals surface area contributed by atoms with E-state index < -0.39 is 15.9 Å². The standard InChI is InChI=1S/C15H21N5O3S3/c16-14(19-4-6-20(7-5-19)15-17-3-9-25-15)18-10-12(21)11-26(22,23)13-2-1-8-24-13/h1-3,8-9,12,21H,4-7,10-11H2,(H2,16,18). The summed E-state index contributed by atoms with van der Waals surface area (Å²) in [5, 5.41) is 14.7. The van der Waals surface area contributed by atoms with Crippen LogP contribution in [0.2, 0.25) is 0 Å². The molecule has 3 heterocycles. The molecule has 142 valence electrons. The van der Waals surface area contributed by atoms with Gasteiger partial charge in [0.25, 0.3) is 0 Å². The lowest BCUT2D eigenvalue weighted by molar-refractivity contribution is 0.205. The first kappa shape index (κ1) is 19.1. The number of aliphatic imine (C=N–C) groups is 1. The average Bonchev–Trinajstić information content (AvgIpc) is 3.33. The largest absolute Gasteiger partial charge is 0.390 e. The number of thiophene rings is 1. The average molecular weight is 416 g/mol. The summed E-state index contributed by atoms with van der Waals surface area (Å²) in [5.74, 6) is -0.0290. The number of sulfone groups is 1. The van der Waals surface area contributed by atoms with Crippen LogP contribution in [0.3, 0.4) is 0 Å². The van der Waals surface area contributed by atoms with Crippen LogP contribution < -0.4 is 10.6 Å². The van der Waals surface area contributed by atoms with Crippen LogP contribution in [0, 0.1) is 0 Å². The predicted molar refractivity (Wildman–Crippen MR) is 105 cm³/mol. The summed E-state index contributed by atoms with van der Waals surface area (Å²) in [4.78, 5) is 12.6. The third-order valence-corrected chi connectivity index (χ3v) is 8.09. The zero-order valence-corrected chi connectivity index (χ0v) is 16.5. The Bertz CT molecular complexity index is 813. The fraction of sp³-hybridized carbons (Fsp3) is 0.467. The third-order valence-electron chi connectivity index (χ3n) is 3.97. The van der Waals surface area contributed by atoms with Crippen LogP contribution in [-0.4, -0.2) is 73.9 Å². The maximum absolute atomic E-state index is 12.1. The van der Waals surface area contributed by atoms with Gasteiger partial charge in [-0.25, -0.2) is 13.4 Å². The number of guanidine groups is 1. The minimum atomic E-state index is -3.49. The molecule has 2 aromatic heterocycles. The number of hydrogen-bond donors (Lipinski definition) is 2. The topological polar surface area (TPSA) is 112 Å². The predicted octanol–water partition coefficient (Wildman–Crippen LogP) is 0.476. The number of nitrogens with two attached hydrogens (primary N) is 1. The molecule has 0 saturated carbocycles. The van der Waals surface area contributed by atoms with Crippen LogP contribution in [-0.2, 0) is 9.84 Å². The Labute approximate surface area is 160 Å². The summed E-state index contributed by atoms with van der Waals surface area (Å²) in [6.45, 7) is 2.96. The minimum absolute atomic E-state index is 0.0386. The summed E-state index contributed by atoms with van der Waals surface area (Å²) in [5.41, 5.74) is 6.01. The van der Waals surface area contributed by atoms with Crippen molar-refractivity contribution in [2.45, 2.75) is 10.3 Å². The van der Waals surface area contributed by atoms with Crippen molar-refractivity contribution >= 4 is 43.6 Å². The molecule has 2 aromatic rings. The van der Waals surface area contributed by atoms with Crippen molar-refractivity contribution in [3.05, 3.63) is 29.1 Å². The normalized spacial score (nSPS) is 17.5. The lowest BCUT2D eigenvalue weighted by atomic mass is 10.3. The van der Waals surface area contributed by atoms with E-state index in [0.29, 0.717) is 19.0 Å². The van der Waals surface area contributed by atoms with E-state index in [1.807, 2.05) is 10.3 Å². The van der Waals surface area contributed by atoms with E-state index in [1.54, 1.807) is 29.0 Å². The van der Waals surface area contributed by atoms with Gasteiger partial charge in [0.1, 0.15) is 4.21 Å². The summed E-state index contributed by atoms with van der Waals surface area (Å²) >= 11 is 2.74. The van der Waals surface area contributed by atoms with Crippen LogP contribution in [0.5, 0.6) is 0 Å². The molecule has 0 spiro atoms. The van der Waals surface area contributed by atoms with E-state index >= 15 is 0 Å². The molecular weight excluding hydrogens is 394 g/mol. The van der Waals surface area contributed by atoms with Gasteiger partial charge < -0.3 is 20.6 Å². The van der Waals surface area contributed by atoms with Gasteiger partial charge in [0.05, 0.1) is 18.4 Å². The van der Waals surface area contributed by atoms with Gasteiger partial charge in [-0.1, -0.05) is 6.07 Å². The monoisotopic (exact) mass is 415 g/mol. The highest BCUT2D eigenvalue weighted by Gasteiger charge is 2.22. The fourth-order valence-electron chi connectivity index (χ4n) is 2.63. The summed E-state index contributed by atoms with van der Waals surface area (Å²) < 4.78 is 24.6. The summed E-state index contributed by atoms with van der Waals surface area (Å²) in [7, 11) is -3.49. The Kier molecular flexibility index (Phi) is 6.12. The molecule has 26 heavy (non-hydrogen) atoms. The molecule has 1 atom stereocenters. The molecule has 1 saturated heterocycles. The molecule has 0 aliphatic carbocycles. The number of thiazole rings is 1. The minimum Gasteiger partial charge on any atom is -0.390 e. The van der Waals surface area contributed by atoms with Crippen molar-refractivity contribution in [2.24, 2.45) is 10.7 Å². The van der Waals surface area contributed by atoms with Crippen molar-refractivity contribution < 1.29 is 13.5 Å². The van der Waals surface area contributed by atoms with Crippen molar-refractivity contribution in [3.8, 4) is 0 Å². The number of aliphatic hydroxyl groups is 1. The van der Waals surface area contributed by atoms with E-state index in [9.17, 15) is 13.5 Å². The molecule has 1 aliphatic heterocycles. The SMILES string of the molecule is NC(=NCC(O)CS(=O)(=O)c1cccs1)N1CCN(c2nccs2)CC1. The van der Waals surface area contributed by atoms with Crippen molar-refractivity contribution in [1.82, 2.24) is 9.88 Å². The van der Waals surface area contributed by atoms with Gasteiger partial charge in [0.2, 0.25) is 0 Å². The van der Waals surface area contributed by atoms with Gasteiger partial charge in [0.15, 0.2) is 20.9 Å². The number of anilines is 1. The maximum atomic E-state index is 12.1. The van der Waals surface area contributed by atoms with Crippen LogP contribution in [0.25, 0.3) is 0 Å². The zero-order valence-electron chi connectivity index (χ0n) is 14.1. The van der Waals surface area contributed by atoms with Gasteiger partial charge >= 0.3 is 0 Å².